The van der Waals surface area contributed by atoms with Gasteiger partial charge >= 0.3 is 6.01 Å². The van der Waals surface area contributed by atoms with Crippen LogP contribution in [0.2, 0.25) is 0 Å². The minimum atomic E-state index is -0.626. The number of nitrogens with zero attached hydrogens (tertiary/aromatic N) is 2. The summed E-state index contributed by atoms with van der Waals surface area (Å²) in [5.41, 5.74) is 0.311. The predicted molar refractivity (Wildman–Crippen MR) is 63.8 cm³/mol. The van der Waals surface area contributed by atoms with Gasteiger partial charge in [-0.2, -0.15) is 4.98 Å². The number of benzene rings is 1. The standard InChI is InChI=1S/C12H13F2N3O2/c1-18-5-4-15-12-16-11(17-19-12)6-8-2-3-9(13)7-10(8)14/h2-3,7H,4-6H2,1H3,(H,15,16,17). The molecule has 1 N–H and O–H groups in total. The monoisotopic (exact) mass is 269 g/mol. The van der Waals surface area contributed by atoms with Gasteiger partial charge in [-0.05, 0) is 11.6 Å². The second kappa shape index (κ2) is 6.24. The first-order chi connectivity index (χ1) is 9.19. The highest BCUT2D eigenvalue weighted by Crippen LogP contribution is 2.14. The molecule has 0 aliphatic heterocycles. The molecule has 0 unspecified atom stereocenters. The van der Waals surface area contributed by atoms with E-state index in [1.54, 1.807) is 7.11 Å². The second-order valence-electron chi connectivity index (χ2n) is 3.85. The van der Waals surface area contributed by atoms with Crippen LogP contribution in [0, 0.1) is 11.6 Å². The summed E-state index contributed by atoms with van der Waals surface area (Å²) in [5.74, 6) is -0.916. The molecule has 5 nitrogen and oxygen atoms in total. The first-order valence-electron chi connectivity index (χ1n) is 5.68. The molecule has 0 fully saturated rings. The van der Waals surface area contributed by atoms with Gasteiger partial charge in [0.25, 0.3) is 0 Å². The fourth-order valence-electron chi connectivity index (χ4n) is 1.49. The van der Waals surface area contributed by atoms with Crippen molar-refractivity contribution in [1.82, 2.24) is 10.1 Å². The molecule has 102 valence electrons. The Morgan fingerprint density at radius 2 is 2.21 bits per heavy atom. The minimum absolute atomic E-state index is 0.140. The van der Waals surface area contributed by atoms with Crippen LogP contribution in [0.1, 0.15) is 11.4 Å². The number of aromatic nitrogens is 2. The van der Waals surface area contributed by atoms with E-state index in [1.165, 1.54) is 12.1 Å². The zero-order valence-corrected chi connectivity index (χ0v) is 10.3. The van der Waals surface area contributed by atoms with Crippen LogP contribution in [0.4, 0.5) is 14.8 Å². The lowest BCUT2D eigenvalue weighted by atomic mass is 10.1. The van der Waals surface area contributed by atoms with Crippen LogP contribution in [-0.2, 0) is 11.2 Å². The molecule has 0 bridgehead atoms. The Labute approximate surface area is 108 Å². The SMILES string of the molecule is COCCNc1nc(Cc2ccc(F)cc2F)no1. The normalized spacial score (nSPS) is 10.7. The summed E-state index contributed by atoms with van der Waals surface area (Å²) < 4.78 is 36.0. The number of rotatable bonds is 6. The summed E-state index contributed by atoms with van der Waals surface area (Å²) >= 11 is 0. The molecule has 0 aliphatic rings. The van der Waals surface area contributed by atoms with Crippen LogP contribution >= 0.6 is 0 Å². The Morgan fingerprint density at radius 3 is 2.95 bits per heavy atom. The zero-order chi connectivity index (χ0) is 13.7. The largest absolute Gasteiger partial charge is 0.383 e. The van der Waals surface area contributed by atoms with Gasteiger partial charge in [0.2, 0.25) is 0 Å². The van der Waals surface area contributed by atoms with Crippen molar-refractivity contribution in [3.63, 3.8) is 0 Å². The van der Waals surface area contributed by atoms with E-state index in [2.05, 4.69) is 15.5 Å². The van der Waals surface area contributed by atoms with E-state index >= 15 is 0 Å². The molecule has 0 amide bonds. The summed E-state index contributed by atoms with van der Waals surface area (Å²) in [6.07, 6.45) is 0.140. The van der Waals surface area contributed by atoms with Gasteiger partial charge in [-0.15, -0.1) is 0 Å². The van der Waals surface area contributed by atoms with Crippen molar-refractivity contribution in [2.24, 2.45) is 0 Å². The Balaban J connectivity index is 1.99. The number of anilines is 1. The smallest absolute Gasteiger partial charge is 0.321 e. The van der Waals surface area contributed by atoms with Crippen LogP contribution < -0.4 is 5.32 Å². The minimum Gasteiger partial charge on any atom is -0.383 e. The molecule has 7 heteroatoms. The Bertz CT molecular complexity index is 546. The summed E-state index contributed by atoms with van der Waals surface area (Å²) in [7, 11) is 1.58. The van der Waals surface area contributed by atoms with E-state index in [4.69, 9.17) is 9.26 Å². The topological polar surface area (TPSA) is 60.2 Å². The number of nitrogens with one attached hydrogen (secondary N) is 1. The number of halogens is 2. The summed E-state index contributed by atoms with van der Waals surface area (Å²) in [6.45, 7) is 1.04. The molecule has 0 spiro atoms. The number of ether oxygens (including phenoxy) is 1. The Hall–Kier alpha value is -2.02. The highest BCUT2D eigenvalue weighted by molar-refractivity contribution is 5.24. The fourth-order valence-corrected chi connectivity index (χ4v) is 1.49. The first-order valence-corrected chi connectivity index (χ1v) is 5.68. The lowest BCUT2D eigenvalue weighted by Crippen LogP contribution is -2.07. The Morgan fingerprint density at radius 1 is 1.37 bits per heavy atom. The zero-order valence-electron chi connectivity index (χ0n) is 10.3. The van der Waals surface area contributed by atoms with Gasteiger partial charge in [0, 0.05) is 26.1 Å². The maximum atomic E-state index is 13.4. The maximum absolute atomic E-state index is 13.4. The van der Waals surface area contributed by atoms with Crippen molar-refractivity contribution < 1.29 is 18.0 Å². The van der Waals surface area contributed by atoms with Crippen molar-refractivity contribution >= 4 is 6.01 Å². The molecule has 0 saturated carbocycles. The van der Waals surface area contributed by atoms with Crippen molar-refractivity contribution in [3.05, 3.63) is 41.2 Å². The van der Waals surface area contributed by atoms with Gasteiger partial charge in [0.1, 0.15) is 11.6 Å². The highest BCUT2D eigenvalue weighted by atomic mass is 19.1. The summed E-state index contributed by atoms with van der Waals surface area (Å²) in [4.78, 5) is 4.04. The third-order valence-corrected chi connectivity index (χ3v) is 2.41. The lowest BCUT2D eigenvalue weighted by molar-refractivity contribution is 0.210. The number of hydrogen-bond acceptors (Lipinski definition) is 5. The van der Waals surface area contributed by atoms with Gasteiger partial charge in [0.05, 0.1) is 6.61 Å². The van der Waals surface area contributed by atoms with Crippen molar-refractivity contribution in [1.29, 1.82) is 0 Å². The number of hydrogen-bond donors (Lipinski definition) is 1. The van der Waals surface area contributed by atoms with E-state index < -0.39 is 11.6 Å². The Kier molecular flexibility index (Phi) is 4.40. The average Bonchev–Trinajstić information content (AvgIpc) is 2.81. The quantitative estimate of drug-likeness (QED) is 0.813. The highest BCUT2D eigenvalue weighted by Gasteiger charge is 2.10. The molecule has 1 aromatic carbocycles. The molecule has 0 atom stereocenters. The van der Waals surface area contributed by atoms with Crippen molar-refractivity contribution in [2.75, 3.05) is 25.6 Å². The van der Waals surface area contributed by atoms with Gasteiger partial charge in [0.15, 0.2) is 5.82 Å². The fraction of sp³-hybridized carbons (Fsp3) is 0.333. The third-order valence-electron chi connectivity index (χ3n) is 2.41. The average molecular weight is 269 g/mol. The molecule has 2 aromatic rings. The van der Waals surface area contributed by atoms with E-state index in [1.807, 2.05) is 0 Å². The van der Waals surface area contributed by atoms with Crippen LogP contribution in [-0.4, -0.2) is 30.4 Å². The van der Waals surface area contributed by atoms with E-state index in [-0.39, 0.29) is 12.4 Å². The summed E-state index contributed by atoms with van der Waals surface area (Å²) in [6, 6.07) is 3.62. The molecule has 2 rings (SSSR count). The molecule has 1 aromatic heterocycles. The second-order valence-corrected chi connectivity index (χ2v) is 3.85. The molecule has 1 heterocycles. The first kappa shape index (κ1) is 13.4. The predicted octanol–water partition coefficient (Wildman–Crippen LogP) is 2.00. The van der Waals surface area contributed by atoms with Gasteiger partial charge in [-0.3, -0.25) is 0 Å². The lowest BCUT2D eigenvalue weighted by Gasteiger charge is -1.99. The molecular formula is C12H13F2N3O2. The van der Waals surface area contributed by atoms with Crippen LogP contribution in [0.25, 0.3) is 0 Å². The van der Waals surface area contributed by atoms with Crippen molar-refractivity contribution in [2.45, 2.75) is 6.42 Å². The van der Waals surface area contributed by atoms with E-state index in [0.717, 1.165) is 6.07 Å². The van der Waals surface area contributed by atoms with Crippen LogP contribution in [0.15, 0.2) is 22.7 Å². The van der Waals surface area contributed by atoms with E-state index in [0.29, 0.717) is 24.5 Å². The van der Waals surface area contributed by atoms with Crippen LogP contribution in [0.5, 0.6) is 0 Å². The number of methoxy groups -OCH3 is 1. The molecule has 0 aliphatic carbocycles. The summed E-state index contributed by atoms with van der Waals surface area (Å²) in [5, 5.41) is 6.56. The van der Waals surface area contributed by atoms with E-state index in [9.17, 15) is 8.78 Å². The molecular weight excluding hydrogens is 256 g/mol. The van der Waals surface area contributed by atoms with Crippen LogP contribution in [0.3, 0.4) is 0 Å². The molecule has 19 heavy (non-hydrogen) atoms. The molecule has 0 radical (unpaired) electrons. The van der Waals surface area contributed by atoms with Crippen molar-refractivity contribution in [3.8, 4) is 0 Å². The van der Waals surface area contributed by atoms with Gasteiger partial charge in [-0.25, -0.2) is 8.78 Å². The maximum Gasteiger partial charge on any atom is 0.321 e. The molecule has 0 saturated heterocycles. The van der Waals surface area contributed by atoms with Gasteiger partial charge in [-0.1, -0.05) is 11.2 Å². The van der Waals surface area contributed by atoms with Gasteiger partial charge < -0.3 is 14.6 Å². The third kappa shape index (κ3) is 3.72.